The SMILES string of the molecule is Cc1oc2c(c1OC(=O)C(C)(C)C)CCN2C(=O)C(C)(C)C. The molecule has 22 heavy (non-hydrogen) atoms. The number of anilines is 1. The second kappa shape index (κ2) is 5.14. The molecule has 2 rings (SSSR count). The Bertz CT molecular complexity index is 614. The predicted molar refractivity (Wildman–Crippen MR) is 84.0 cm³/mol. The zero-order valence-corrected chi connectivity index (χ0v) is 14.5. The van der Waals surface area contributed by atoms with E-state index in [9.17, 15) is 9.59 Å². The summed E-state index contributed by atoms with van der Waals surface area (Å²) in [6.07, 6.45) is 0.640. The van der Waals surface area contributed by atoms with Gasteiger partial charge in [-0.2, -0.15) is 0 Å². The van der Waals surface area contributed by atoms with Crippen molar-refractivity contribution >= 4 is 17.8 Å². The van der Waals surface area contributed by atoms with Crippen LogP contribution >= 0.6 is 0 Å². The van der Waals surface area contributed by atoms with Gasteiger partial charge in [0.2, 0.25) is 11.8 Å². The van der Waals surface area contributed by atoms with Crippen LogP contribution in [0.25, 0.3) is 0 Å². The molecule has 0 bridgehead atoms. The number of rotatable bonds is 1. The molecule has 0 aromatic carbocycles. The Kier molecular flexibility index (Phi) is 3.88. The van der Waals surface area contributed by atoms with Crippen molar-refractivity contribution in [2.45, 2.75) is 54.9 Å². The molecule has 0 N–H and O–H groups in total. The van der Waals surface area contributed by atoms with Crippen LogP contribution < -0.4 is 9.64 Å². The summed E-state index contributed by atoms with van der Waals surface area (Å²) in [6.45, 7) is 13.4. The van der Waals surface area contributed by atoms with Crippen molar-refractivity contribution in [1.29, 1.82) is 0 Å². The number of hydrogen-bond donors (Lipinski definition) is 0. The summed E-state index contributed by atoms with van der Waals surface area (Å²) in [5, 5.41) is 0. The summed E-state index contributed by atoms with van der Waals surface area (Å²) in [6, 6.07) is 0. The molecule has 0 atom stereocenters. The van der Waals surface area contributed by atoms with Crippen molar-refractivity contribution in [1.82, 2.24) is 0 Å². The molecule has 1 aromatic heterocycles. The van der Waals surface area contributed by atoms with E-state index in [-0.39, 0.29) is 11.9 Å². The molecule has 0 aliphatic carbocycles. The molecule has 1 aromatic rings. The van der Waals surface area contributed by atoms with Crippen LogP contribution in [-0.4, -0.2) is 18.4 Å². The summed E-state index contributed by atoms with van der Waals surface area (Å²) < 4.78 is 11.3. The third-order valence-corrected chi connectivity index (χ3v) is 3.63. The molecular weight excluding hydrogens is 282 g/mol. The normalized spacial score (nSPS) is 15.0. The first-order valence-corrected chi connectivity index (χ1v) is 7.59. The van der Waals surface area contributed by atoms with E-state index < -0.39 is 10.8 Å². The fraction of sp³-hybridized carbons (Fsp3) is 0.647. The number of furan rings is 1. The minimum atomic E-state index is -0.587. The number of ether oxygens (including phenoxy) is 1. The van der Waals surface area contributed by atoms with Gasteiger partial charge in [-0.25, -0.2) is 0 Å². The number of aryl methyl sites for hydroxylation is 1. The van der Waals surface area contributed by atoms with Gasteiger partial charge in [-0.3, -0.25) is 14.5 Å². The topological polar surface area (TPSA) is 59.8 Å². The Hall–Kier alpha value is -1.78. The second-order valence-electron chi connectivity index (χ2n) is 7.87. The molecule has 122 valence electrons. The minimum Gasteiger partial charge on any atom is -0.441 e. The van der Waals surface area contributed by atoms with Gasteiger partial charge in [0.1, 0.15) is 5.76 Å². The summed E-state index contributed by atoms with van der Waals surface area (Å²) in [5.74, 6) is 1.23. The molecular formula is C17H25NO4. The first-order valence-electron chi connectivity index (χ1n) is 7.59. The van der Waals surface area contributed by atoms with E-state index in [2.05, 4.69) is 0 Å². The Morgan fingerprint density at radius 1 is 1.09 bits per heavy atom. The van der Waals surface area contributed by atoms with E-state index in [0.717, 1.165) is 5.56 Å². The summed E-state index contributed by atoms with van der Waals surface area (Å²) in [7, 11) is 0. The Morgan fingerprint density at radius 2 is 1.68 bits per heavy atom. The molecule has 0 fully saturated rings. The molecule has 1 aliphatic heterocycles. The standard InChI is InChI=1S/C17H25NO4/c1-10-12(22-15(20)17(5,6)7)11-8-9-18(13(11)21-10)14(19)16(2,3)4/h8-9H2,1-7H3. The van der Waals surface area contributed by atoms with Gasteiger partial charge in [0.05, 0.1) is 11.0 Å². The average Bonchev–Trinajstić information content (AvgIpc) is 2.87. The van der Waals surface area contributed by atoms with Gasteiger partial charge < -0.3 is 9.15 Å². The molecule has 0 radical (unpaired) electrons. The van der Waals surface area contributed by atoms with Gasteiger partial charge in [0.25, 0.3) is 0 Å². The number of carbonyl (C=O) groups excluding carboxylic acids is 2. The van der Waals surface area contributed by atoms with Crippen LogP contribution in [0.4, 0.5) is 5.88 Å². The summed E-state index contributed by atoms with van der Waals surface area (Å²) in [5.41, 5.74) is -0.256. The molecule has 2 heterocycles. The third-order valence-electron chi connectivity index (χ3n) is 3.63. The number of nitrogens with zero attached hydrogens (tertiary/aromatic N) is 1. The average molecular weight is 307 g/mol. The molecule has 1 amide bonds. The van der Waals surface area contributed by atoms with E-state index in [4.69, 9.17) is 9.15 Å². The highest BCUT2D eigenvalue weighted by molar-refractivity contribution is 5.98. The Morgan fingerprint density at radius 3 is 2.18 bits per heavy atom. The van der Waals surface area contributed by atoms with Crippen LogP contribution in [0, 0.1) is 17.8 Å². The zero-order valence-electron chi connectivity index (χ0n) is 14.5. The van der Waals surface area contributed by atoms with Crippen LogP contribution in [0.3, 0.4) is 0 Å². The fourth-order valence-electron chi connectivity index (χ4n) is 2.30. The van der Waals surface area contributed by atoms with E-state index in [1.54, 1.807) is 32.6 Å². The zero-order chi connectivity index (χ0) is 16.9. The number of fused-ring (bicyclic) bond motifs is 1. The Balaban J connectivity index is 2.33. The van der Waals surface area contributed by atoms with Crippen LogP contribution in [0.15, 0.2) is 4.42 Å². The first kappa shape index (κ1) is 16.6. The van der Waals surface area contributed by atoms with Crippen LogP contribution in [0.1, 0.15) is 52.9 Å². The highest BCUT2D eigenvalue weighted by Crippen LogP contribution is 2.42. The molecule has 0 saturated heterocycles. The lowest BCUT2D eigenvalue weighted by Crippen LogP contribution is -2.38. The summed E-state index contributed by atoms with van der Waals surface area (Å²) >= 11 is 0. The maximum absolute atomic E-state index is 12.5. The minimum absolute atomic E-state index is 0.00805. The molecule has 0 spiro atoms. The summed E-state index contributed by atoms with van der Waals surface area (Å²) in [4.78, 5) is 26.3. The largest absolute Gasteiger partial charge is 0.441 e. The predicted octanol–water partition coefficient (Wildman–Crippen LogP) is 3.47. The van der Waals surface area contributed by atoms with E-state index in [1.807, 2.05) is 20.8 Å². The lowest BCUT2D eigenvalue weighted by molar-refractivity contribution is -0.143. The number of hydrogen-bond acceptors (Lipinski definition) is 4. The van der Waals surface area contributed by atoms with Crippen molar-refractivity contribution < 1.29 is 18.7 Å². The third kappa shape index (κ3) is 2.89. The van der Waals surface area contributed by atoms with Crippen LogP contribution in [0.2, 0.25) is 0 Å². The number of carbonyl (C=O) groups is 2. The number of amides is 1. The molecule has 0 saturated carbocycles. The molecule has 5 heteroatoms. The van der Waals surface area contributed by atoms with Gasteiger partial charge in [-0.1, -0.05) is 20.8 Å². The monoisotopic (exact) mass is 307 g/mol. The quantitative estimate of drug-likeness (QED) is 0.745. The van der Waals surface area contributed by atoms with Gasteiger partial charge in [-0.15, -0.1) is 0 Å². The lowest BCUT2D eigenvalue weighted by Gasteiger charge is -2.24. The highest BCUT2D eigenvalue weighted by Gasteiger charge is 2.38. The fourth-order valence-corrected chi connectivity index (χ4v) is 2.30. The highest BCUT2D eigenvalue weighted by atomic mass is 16.5. The van der Waals surface area contributed by atoms with Crippen molar-refractivity contribution in [3.63, 3.8) is 0 Å². The van der Waals surface area contributed by atoms with Crippen molar-refractivity contribution in [3.8, 4) is 5.75 Å². The van der Waals surface area contributed by atoms with Gasteiger partial charge in [-0.05, 0) is 34.1 Å². The smallest absolute Gasteiger partial charge is 0.316 e. The van der Waals surface area contributed by atoms with Gasteiger partial charge in [0, 0.05) is 12.0 Å². The molecule has 1 aliphatic rings. The van der Waals surface area contributed by atoms with Gasteiger partial charge in [0.15, 0.2) is 5.75 Å². The Labute approximate surface area is 131 Å². The van der Waals surface area contributed by atoms with Crippen molar-refractivity contribution in [3.05, 3.63) is 11.3 Å². The second-order valence-corrected chi connectivity index (χ2v) is 7.87. The maximum Gasteiger partial charge on any atom is 0.316 e. The first-order chi connectivity index (χ1) is 9.93. The van der Waals surface area contributed by atoms with E-state index in [1.165, 1.54) is 0 Å². The number of esters is 1. The molecule has 5 nitrogen and oxygen atoms in total. The van der Waals surface area contributed by atoms with Gasteiger partial charge >= 0.3 is 5.97 Å². The van der Waals surface area contributed by atoms with Crippen molar-refractivity contribution in [2.75, 3.05) is 11.4 Å². The maximum atomic E-state index is 12.5. The van der Waals surface area contributed by atoms with Crippen LogP contribution in [-0.2, 0) is 16.0 Å². The van der Waals surface area contributed by atoms with Crippen molar-refractivity contribution in [2.24, 2.45) is 10.8 Å². The molecule has 0 unspecified atom stereocenters. The van der Waals surface area contributed by atoms with E-state index >= 15 is 0 Å². The van der Waals surface area contributed by atoms with E-state index in [0.29, 0.717) is 30.4 Å². The lowest BCUT2D eigenvalue weighted by atomic mass is 9.95. The van der Waals surface area contributed by atoms with Crippen LogP contribution in [0.5, 0.6) is 5.75 Å².